The molecule has 0 bridgehead atoms. The fraction of sp³-hybridized carbons (Fsp3) is 0.389. The van der Waals surface area contributed by atoms with Gasteiger partial charge in [-0.1, -0.05) is 30.3 Å². The Kier molecular flexibility index (Phi) is 3.22. The third-order valence-corrected chi connectivity index (χ3v) is 5.98. The number of nitrogens with zero attached hydrogens (tertiary/aromatic N) is 4. The van der Waals surface area contributed by atoms with Gasteiger partial charge >= 0.3 is 0 Å². The highest BCUT2D eigenvalue weighted by Gasteiger charge is 2.71. The Labute approximate surface area is 149 Å². The van der Waals surface area contributed by atoms with Gasteiger partial charge in [0.2, 0.25) is 5.95 Å². The number of aromatic nitrogens is 4. The van der Waals surface area contributed by atoms with Crippen LogP contribution in [0.3, 0.4) is 0 Å². The van der Waals surface area contributed by atoms with Crippen LogP contribution < -0.4 is 10.6 Å². The predicted molar refractivity (Wildman–Crippen MR) is 96.5 cm³/mol. The summed E-state index contributed by atoms with van der Waals surface area (Å²) in [5.41, 5.74) is 7.84. The molecule has 26 heavy (non-hydrogen) atoms. The molecule has 1 aromatic carbocycles. The lowest BCUT2D eigenvalue weighted by Gasteiger charge is -2.18. The second-order valence-corrected chi connectivity index (χ2v) is 7.19. The van der Waals surface area contributed by atoms with Crippen LogP contribution in [-0.2, 0) is 0 Å². The van der Waals surface area contributed by atoms with Crippen molar-refractivity contribution in [2.24, 2.45) is 11.3 Å². The van der Waals surface area contributed by atoms with Crippen molar-refractivity contribution in [2.45, 2.75) is 12.0 Å². The van der Waals surface area contributed by atoms with Gasteiger partial charge in [0.15, 0.2) is 11.5 Å². The summed E-state index contributed by atoms with van der Waals surface area (Å²) in [6.07, 6.45) is 1.00. The van der Waals surface area contributed by atoms with Crippen LogP contribution in [0.2, 0.25) is 0 Å². The number of aliphatic hydroxyl groups is 2. The molecule has 1 aliphatic heterocycles. The van der Waals surface area contributed by atoms with Gasteiger partial charge in [-0.25, -0.2) is 4.98 Å². The van der Waals surface area contributed by atoms with Gasteiger partial charge in [-0.2, -0.15) is 9.97 Å². The van der Waals surface area contributed by atoms with E-state index < -0.39 is 6.10 Å². The zero-order valence-electron chi connectivity index (χ0n) is 14.1. The number of H-pyrrole nitrogens is 1. The molecule has 1 saturated carbocycles. The lowest BCUT2D eigenvalue weighted by atomic mass is 9.95. The molecule has 2 aromatic heterocycles. The first-order valence-electron chi connectivity index (χ1n) is 8.70. The quantitative estimate of drug-likeness (QED) is 0.541. The summed E-state index contributed by atoms with van der Waals surface area (Å²) in [5.74, 6) is 0.965. The molecule has 8 nitrogen and oxygen atoms in total. The van der Waals surface area contributed by atoms with Crippen LogP contribution in [0.25, 0.3) is 11.2 Å². The van der Waals surface area contributed by atoms with Crippen molar-refractivity contribution in [3.05, 3.63) is 42.2 Å². The van der Waals surface area contributed by atoms with Crippen molar-refractivity contribution >= 4 is 22.9 Å². The van der Waals surface area contributed by atoms with E-state index in [9.17, 15) is 10.2 Å². The van der Waals surface area contributed by atoms with Crippen molar-refractivity contribution in [1.29, 1.82) is 0 Å². The molecule has 1 aliphatic carbocycles. The zero-order chi connectivity index (χ0) is 17.9. The van der Waals surface area contributed by atoms with Gasteiger partial charge in [0, 0.05) is 25.1 Å². The second-order valence-electron chi connectivity index (χ2n) is 7.19. The van der Waals surface area contributed by atoms with E-state index in [1.165, 1.54) is 0 Å². The highest BCUT2D eigenvalue weighted by atomic mass is 16.3. The second kappa shape index (κ2) is 5.39. The largest absolute Gasteiger partial charge is 0.396 e. The first kappa shape index (κ1) is 15.5. The molecule has 2 aliphatic rings. The summed E-state index contributed by atoms with van der Waals surface area (Å²) in [7, 11) is 0. The third-order valence-electron chi connectivity index (χ3n) is 5.98. The van der Waals surface area contributed by atoms with Gasteiger partial charge in [-0.15, -0.1) is 0 Å². The molecule has 134 valence electrons. The molecule has 1 spiro atoms. The smallest absolute Gasteiger partial charge is 0.224 e. The lowest BCUT2D eigenvalue weighted by Crippen LogP contribution is -2.23. The van der Waals surface area contributed by atoms with Gasteiger partial charge in [0.1, 0.15) is 5.52 Å². The van der Waals surface area contributed by atoms with E-state index in [4.69, 9.17) is 5.73 Å². The van der Waals surface area contributed by atoms with Crippen LogP contribution in [0.15, 0.2) is 36.7 Å². The van der Waals surface area contributed by atoms with Crippen LogP contribution in [0.5, 0.6) is 0 Å². The van der Waals surface area contributed by atoms with E-state index in [0.29, 0.717) is 30.1 Å². The van der Waals surface area contributed by atoms with Gasteiger partial charge in [-0.05, 0) is 17.4 Å². The normalized spacial score (nSPS) is 30.4. The summed E-state index contributed by atoms with van der Waals surface area (Å²) in [6.45, 7) is 1.09. The predicted octanol–water partition coefficient (Wildman–Crippen LogP) is 0.508. The monoisotopic (exact) mass is 352 g/mol. The van der Waals surface area contributed by atoms with E-state index >= 15 is 0 Å². The summed E-state index contributed by atoms with van der Waals surface area (Å²) in [6, 6.07) is 10.1. The molecule has 1 saturated heterocycles. The first-order chi connectivity index (χ1) is 12.6. The fourth-order valence-electron chi connectivity index (χ4n) is 4.79. The van der Waals surface area contributed by atoms with E-state index in [2.05, 4.69) is 32.1 Å². The molecule has 2 fully saturated rings. The molecular weight excluding hydrogens is 332 g/mol. The van der Waals surface area contributed by atoms with Gasteiger partial charge in [0.05, 0.1) is 12.4 Å². The van der Waals surface area contributed by atoms with Gasteiger partial charge in [0.25, 0.3) is 0 Å². The number of nitrogens with one attached hydrogen (secondary N) is 1. The number of aromatic amines is 1. The number of aliphatic hydroxyl groups excluding tert-OH is 2. The number of hydrogen-bond donors (Lipinski definition) is 4. The molecular formula is C18H20N6O2. The fourth-order valence-corrected chi connectivity index (χ4v) is 4.79. The topological polar surface area (TPSA) is 124 Å². The third kappa shape index (κ3) is 1.99. The number of rotatable bonds is 3. The van der Waals surface area contributed by atoms with Crippen molar-refractivity contribution in [2.75, 3.05) is 30.3 Å². The van der Waals surface area contributed by atoms with Crippen LogP contribution in [-0.4, -0.2) is 55.9 Å². The number of nitrogen functional groups attached to an aromatic ring is 1. The molecule has 3 aromatic rings. The summed E-state index contributed by atoms with van der Waals surface area (Å²) < 4.78 is 0. The minimum Gasteiger partial charge on any atom is -0.396 e. The summed E-state index contributed by atoms with van der Waals surface area (Å²) in [4.78, 5) is 17.7. The van der Waals surface area contributed by atoms with Crippen LogP contribution in [0.4, 0.5) is 11.8 Å². The van der Waals surface area contributed by atoms with E-state index in [0.717, 1.165) is 5.56 Å². The van der Waals surface area contributed by atoms with Gasteiger partial charge < -0.3 is 25.8 Å². The Morgan fingerprint density at radius 3 is 2.85 bits per heavy atom. The molecule has 0 radical (unpaired) electrons. The lowest BCUT2D eigenvalue weighted by molar-refractivity contribution is 0.113. The standard InChI is InChI=1S/C18H20N6O2/c19-17-22-15-14(20-9-21-15)16(23-17)24-6-12(26)18(8-24)11(7-25)13(18)10-4-2-1-3-5-10/h1-5,9,11-13,25-26H,6-8H2,(H3,19,20,21,22,23)/t11-,12-,13-,18-/m1/s1. The maximum Gasteiger partial charge on any atom is 0.224 e. The minimum atomic E-state index is -0.556. The average molecular weight is 352 g/mol. The Balaban J connectivity index is 1.53. The molecule has 5 N–H and O–H groups in total. The molecule has 3 heterocycles. The Morgan fingerprint density at radius 1 is 1.27 bits per heavy atom. The number of fused-ring (bicyclic) bond motifs is 1. The number of β-amino-alcohol motifs (C(OH)–C–C–N with tert-alkyl or cyclic N) is 1. The van der Waals surface area contributed by atoms with Crippen molar-refractivity contribution < 1.29 is 10.2 Å². The van der Waals surface area contributed by atoms with E-state index in [1.54, 1.807) is 6.33 Å². The van der Waals surface area contributed by atoms with Crippen molar-refractivity contribution in [1.82, 2.24) is 19.9 Å². The van der Waals surface area contributed by atoms with E-state index in [-0.39, 0.29) is 29.8 Å². The maximum atomic E-state index is 10.9. The number of anilines is 2. The number of hydrogen-bond acceptors (Lipinski definition) is 7. The van der Waals surface area contributed by atoms with Crippen molar-refractivity contribution in [3.63, 3.8) is 0 Å². The SMILES string of the molecule is Nc1nc(N2C[C@@H](O)[C@@]3(C2)[C@H](CO)[C@H]3c2ccccc2)c2[nH]cnc2n1. The average Bonchev–Trinajstić information content (AvgIpc) is 2.89. The van der Waals surface area contributed by atoms with Gasteiger partial charge in [-0.3, -0.25) is 0 Å². The Bertz CT molecular complexity index is 961. The van der Waals surface area contributed by atoms with Crippen molar-refractivity contribution in [3.8, 4) is 0 Å². The van der Waals surface area contributed by atoms with Crippen LogP contribution in [0, 0.1) is 11.3 Å². The minimum absolute atomic E-state index is 0.0290. The number of benzene rings is 1. The Hall–Kier alpha value is -2.71. The number of nitrogens with two attached hydrogens (primary N) is 1. The van der Waals surface area contributed by atoms with Crippen LogP contribution >= 0.6 is 0 Å². The van der Waals surface area contributed by atoms with E-state index in [1.807, 2.05) is 23.1 Å². The summed E-state index contributed by atoms with van der Waals surface area (Å²) >= 11 is 0. The molecule has 0 amide bonds. The molecule has 5 rings (SSSR count). The highest BCUT2D eigenvalue weighted by Crippen LogP contribution is 2.68. The molecule has 8 heteroatoms. The van der Waals surface area contributed by atoms with Crippen LogP contribution in [0.1, 0.15) is 11.5 Å². The highest BCUT2D eigenvalue weighted by molar-refractivity contribution is 5.84. The molecule has 4 atom stereocenters. The number of imidazole rings is 1. The zero-order valence-corrected chi connectivity index (χ0v) is 14.1. The summed E-state index contributed by atoms with van der Waals surface area (Å²) in [5, 5.41) is 20.9. The molecule has 0 unspecified atom stereocenters. The Morgan fingerprint density at radius 2 is 2.08 bits per heavy atom. The maximum absolute atomic E-state index is 10.9. The first-order valence-corrected chi connectivity index (χ1v) is 8.70.